The molecule has 2 heteroatoms. The van der Waals surface area contributed by atoms with E-state index >= 15 is 0 Å². The Bertz CT molecular complexity index is 95.4. The maximum atomic E-state index is 5.34. The smallest absolute Gasteiger partial charge is 0.0809 e. The van der Waals surface area contributed by atoms with Gasteiger partial charge < -0.3 is 9.47 Å². The Hall–Kier alpha value is -0.340. The molecule has 1 aliphatic heterocycles. The summed E-state index contributed by atoms with van der Waals surface area (Å²) in [6.45, 7) is 5.83. The monoisotopic (exact) mass is 142 g/mol. The highest BCUT2D eigenvalue weighted by molar-refractivity contribution is 4.67. The first-order valence-electron chi connectivity index (χ1n) is 3.73. The van der Waals surface area contributed by atoms with E-state index in [4.69, 9.17) is 9.47 Å². The lowest BCUT2D eigenvalue weighted by Gasteiger charge is -2.07. The first-order valence-corrected chi connectivity index (χ1v) is 3.73. The zero-order valence-corrected chi connectivity index (χ0v) is 6.21. The van der Waals surface area contributed by atoms with Crippen molar-refractivity contribution in [3.05, 3.63) is 12.7 Å². The number of ether oxygens (including phenoxy) is 2. The third kappa shape index (κ3) is 2.50. The van der Waals surface area contributed by atoms with Gasteiger partial charge in [-0.1, -0.05) is 6.08 Å². The second-order valence-corrected chi connectivity index (χ2v) is 2.46. The molecule has 1 rings (SSSR count). The van der Waals surface area contributed by atoms with E-state index in [1.165, 1.54) is 6.42 Å². The molecule has 0 radical (unpaired) electrons. The van der Waals surface area contributed by atoms with Crippen molar-refractivity contribution >= 4 is 0 Å². The number of rotatable bonds is 4. The minimum atomic E-state index is 0.347. The SMILES string of the molecule is C=CCOCC1CCCO1. The summed E-state index contributed by atoms with van der Waals surface area (Å²) in [5.41, 5.74) is 0. The van der Waals surface area contributed by atoms with Gasteiger partial charge in [0.05, 0.1) is 19.3 Å². The van der Waals surface area contributed by atoms with Crippen LogP contribution in [0.15, 0.2) is 12.7 Å². The first kappa shape index (κ1) is 7.76. The van der Waals surface area contributed by atoms with Crippen molar-refractivity contribution in [1.82, 2.24) is 0 Å². The van der Waals surface area contributed by atoms with Crippen LogP contribution in [0.2, 0.25) is 0 Å². The van der Waals surface area contributed by atoms with Gasteiger partial charge in [-0.15, -0.1) is 6.58 Å². The summed E-state index contributed by atoms with van der Waals surface area (Å²) in [4.78, 5) is 0. The third-order valence-electron chi connectivity index (χ3n) is 1.56. The molecule has 1 heterocycles. The van der Waals surface area contributed by atoms with Crippen molar-refractivity contribution < 1.29 is 9.47 Å². The fraction of sp³-hybridized carbons (Fsp3) is 0.750. The van der Waals surface area contributed by atoms with E-state index in [0.717, 1.165) is 19.6 Å². The van der Waals surface area contributed by atoms with Crippen molar-refractivity contribution in [1.29, 1.82) is 0 Å². The molecule has 0 aromatic heterocycles. The molecule has 58 valence electrons. The van der Waals surface area contributed by atoms with Crippen LogP contribution in [0.5, 0.6) is 0 Å². The Morgan fingerprint density at radius 1 is 1.70 bits per heavy atom. The molecule has 0 saturated carbocycles. The second kappa shape index (κ2) is 4.47. The fourth-order valence-electron chi connectivity index (χ4n) is 1.06. The molecule has 1 unspecified atom stereocenters. The van der Waals surface area contributed by atoms with Gasteiger partial charge in [0, 0.05) is 6.61 Å². The van der Waals surface area contributed by atoms with Gasteiger partial charge in [-0.25, -0.2) is 0 Å². The molecule has 1 fully saturated rings. The number of hydrogen-bond donors (Lipinski definition) is 0. The van der Waals surface area contributed by atoms with Gasteiger partial charge in [0.1, 0.15) is 0 Å². The summed E-state index contributed by atoms with van der Waals surface area (Å²) in [5, 5.41) is 0. The van der Waals surface area contributed by atoms with Crippen LogP contribution >= 0.6 is 0 Å². The molecule has 0 spiro atoms. The third-order valence-corrected chi connectivity index (χ3v) is 1.56. The zero-order valence-electron chi connectivity index (χ0n) is 6.21. The first-order chi connectivity index (χ1) is 4.93. The lowest BCUT2D eigenvalue weighted by Crippen LogP contribution is -2.13. The molecule has 2 nitrogen and oxygen atoms in total. The normalized spacial score (nSPS) is 25.0. The molecular weight excluding hydrogens is 128 g/mol. The highest BCUT2D eigenvalue weighted by atomic mass is 16.5. The Morgan fingerprint density at radius 3 is 3.20 bits per heavy atom. The predicted octanol–water partition coefficient (Wildman–Crippen LogP) is 1.37. The second-order valence-electron chi connectivity index (χ2n) is 2.46. The van der Waals surface area contributed by atoms with Crippen molar-refractivity contribution in [3.63, 3.8) is 0 Å². The lowest BCUT2D eigenvalue weighted by molar-refractivity contribution is 0.0267. The maximum Gasteiger partial charge on any atom is 0.0809 e. The van der Waals surface area contributed by atoms with Crippen molar-refractivity contribution in [2.45, 2.75) is 18.9 Å². The average Bonchev–Trinajstić information content (AvgIpc) is 2.41. The van der Waals surface area contributed by atoms with Gasteiger partial charge in [0.25, 0.3) is 0 Å². The topological polar surface area (TPSA) is 18.5 Å². The highest BCUT2D eigenvalue weighted by Crippen LogP contribution is 2.11. The van der Waals surface area contributed by atoms with Gasteiger partial charge in [0.15, 0.2) is 0 Å². The molecular formula is C8H14O2. The molecule has 0 bridgehead atoms. The van der Waals surface area contributed by atoms with Crippen LogP contribution in [0.1, 0.15) is 12.8 Å². The van der Waals surface area contributed by atoms with Crippen molar-refractivity contribution in [2.75, 3.05) is 19.8 Å². The van der Waals surface area contributed by atoms with Crippen molar-refractivity contribution in [3.8, 4) is 0 Å². The van der Waals surface area contributed by atoms with Gasteiger partial charge in [-0.2, -0.15) is 0 Å². The predicted molar refractivity (Wildman–Crippen MR) is 40.0 cm³/mol. The summed E-state index contributed by atoms with van der Waals surface area (Å²) in [7, 11) is 0. The Kier molecular flexibility index (Phi) is 3.47. The summed E-state index contributed by atoms with van der Waals surface area (Å²) in [5.74, 6) is 0. The van der Waals surface area contributed by atoms with Gasteiger partial charge in [-0.3, -0.25) is 0 Å². The van der Waals surface area contributed by atoms with E-state index in [0.29, 0.717) is 12.7 Å². The highest BCUT2D eigenvalue weighted by Gasteiger charge is 2.14. The van der Waals surface area contributed by atoms with Gasteiger partial charge in [0.2, 0.25) is 0 Å². The molecule has 1 saturated heterocycles. The Labute approximate surface area is 61.8 Å². The van der Waals surface area contributed by atoms with Crippen LogP contribution in [0.4, 0.5) is 0 Å². The summed E-state index contributed by atoms with van der Waals surface area (Å²) in [6.07, 6.45) is 4.44. The molecule has 1 atom stereocenters. The Balaban J connectivity index is 1.96. The molecule has 10 heavy (non-hydrogen) atoms. The van der Waals surface area contributed by atoms with E-state index in [1.54, 1.807) is 6.08 Å². The van der Waals surface area contributed by atoms with Crippen LogP contribution < -0.4 is 0 Å². The molecule has 0 N–H and O–H groups in total. The standard InChI is InChI=1S/C8H14O2/c1-2-5-9-7-8-4-3-6-10-8/h2,8H,1,3-7H2. The molecule has 0 aromatic carbocycles. The summed E-state index contributed by atoms with van der Waals surface area (Å²) < 4.78 is 10.6. The van der Waals surface area contributed by atoms with E-state index in [-0.39, 0.29) is 0 Å². The van der Waals surface area contributed by atoms with Crippen LogP contribution in [0, 0.1) is 0 Å². The van der Waals surface area contributed by atoms with E-state index < -0.39 is 0 Å². The van der Waals surface area contributed by atoms with E-state index in [2.05, 4.69) is 6.58 Å². The average molecular weight is 142 g/mol. The zero-order chi connectivity index (χ0) is 7.23. The molecule has 0 amide bonds. The van der Waals surface area contributed by atoms with Crippen LogP contribution in [0.3, 0.4) is 0 Å². The Morgan fingerprint density at radius 2 is 2.60 bits per heavy atom. The quantitative estimate of drug-likeness (QED) is 0.436. The fourth-order valence-corrected chi connectivity index (χ4v) is 1.06. The maximum absolute atomic E-state index is 5.34. The molecule has 1 aliphatic rings. The summed E-state index contributed by atoms with van der Waals surface area (Å²) >= 11 is 0. The minimum Gasteiger partial charge on any atom is -0.376 e. The summed E-state index contributed by atoms with van der Waals surface area (Å²) in [6, 6.07) is 0. The minimum absolute atomic E-state index is 0.347. The van der Waals surface area contributed by atoms with Gasteiger partial charge >= 0.3 is 0 Å². The van der Waals surface area contributed by atoms with Crippen LogP contribution in [0.25, 0.3) is 0 Å². The lowest BCUT2D eigenvalue weighted by atomic mass is 10.2. The van der Waals surface area contributed by atoms with Crippen molar-refractivity contribution in [2.24, 2.45) is 0 Å². The molecule has 0 aromatic rings. The molecule has 0 aliphatic carbocycles. The van der Waals surface area contributed by atoms with E-state index in [1.807, 2.05) is 0 Å². The van der Waals surface area contributed by atoms with Crippen LogP contribution in [-0.2, 0) is 9.47 Å². The van der Waals surface area contributed by atoms with E-state index in [9.17, 15) is 0 Å². The van der Waals surface area contributed by atoms with Crippen LogP contribution in [-0.4, -0.2) is 25.9 Å². The largest absolute Gasteiger partial charge is 0.376 e. The number of hydrogen-bond acceptors (Lipinski definition) is 2. The van der Waals surface area contributed by atoms with Gasteiger partial charge in [-0.05, 0) is 12.8 Å².